The molecule has 0 atom stereocenters. The van der Waals surface area contributed by atoms with Crippen molar-refractivity contribution in [2.45, 2.75) is 0 Å². The first-order chi connectivity index (χ1) is 9.20. The van der Waals surface area contributed by atoms with E-state index < -0.39 is 4.92 Å². The fraction of sp³-hybridized carbons (Fsp3) is 0.0714. The highest BCUT2D eigenvalue weighted by molar-refractivity contribution is 5.70. The van der Waals surface area contributed by atoms with Gasteiger partial charge in [-0.3, -0.25) is 15.1 Å². The zero-order chi connectivity index (χ0) is 13.7. The van der Waals surface area contributed by atoms with Crippen molar-refractivity contribution < 1.29 is 9.66 Å². The summed E-state index contributed by atoms with van der Waals surface area (Å²) in [4.78, 5) is 14.0. The summed E-state index contributed by atoms with van der Waals surface area (Å²) >= 11 is 0. The summed E-state index contributed by atoms with van der Waals surface area (Å²) in [6, 6.07) is 11.0. The number of hydrogen-bond donors (Lipinski definition) is 0. The van der Waals surface area contributed by atoms with E-state index in [4.69, 9.17) is 4.74 Å². The number of methoxy groups -OCH3 is 1. The van der Waals surface area contributed by atoms with Crippen molar-refractivity contribution in [3.8, 4) is 17.0 Å². The van der Waals surface area contributed by atoms with Crippen molar-refractivity contribution in [2.24, 2.45) is 0 Å². The van der Waals surface area contributed by atoms with E-state index in [9.17, 15) is 10.1 Å². The van der Waals surface area contributed by atoms with Crippen molar-refractivity contribution in [3.63, 3.8) is 0 Å². The third-order valence-electron chi connectivity index (χ3n) is 2.56. The molecule has 0 saturated carbocycles. The van der Waals surface area contributed by atoms with Crippen LogP contribution in [0.25, 0.3) is 17.3 Å². The minimum absolute atomic E-state index is 0.501. The van der Waals surface area contributed by atoms with Crippen LogP contribution >= 0.6 is 0 Å². The molecule has 0 aliphatic carbocycles. The molecule has 0 aliphatic heterocycles. The Morgan fingerprint density at radius 3 is 2.79 bits per heavy atom. The quantitative estimate of drug-likeness (QED) is 0.623. The number of aromatic nitrogens is 1. The van der Waals surface area contributed by atoms with Crippen molar-refractivity contribution in [1.29, 1.82) is 0 Å². The molecule has 0 fully saturated rings. The molecule has 0 aliphatic rings. The van der Waals surface area contributed by atoms with Gasteiger partial charge in [0.15, 0.2) is 0 Å². The SMILES string of the molecule is COc1cc(/C=C\[N+](=O)[O-])ccc1-c1ccccn1. The Hall–Kier alpha value is -2.69. The molecule has 19 heavy (non-hydrogen) atoms. The Bertz CT molecular complexity index is 609. The maximum atomic E-state index is 10.3. The van der Waals surface area contributed by atoms with Crippen LogP contribution in [0, 0.1) is 10.1 Å². The molecule has 0 spiro atoms. The Balaban J connectivity index is 2.40. The summed E-state index contributed by atoms with van der Waals surface area (Å²) < 4.78 is 5.30. The lowest BCUT2D eigenvalue weighted by molar-refractivity contribution is -0.400. The van der Waals surface area contributed by atoms with Crippen molar-refractivity contribution in [2.75, 3.05) is 7.11 Å². The summed E-state index contributed by atoms with van der Waals surface area (Å²) in [5.41, 5.74) is 2.35. The molecule has 0 N–H and O–H groups in total. The monoisotopic (exact) mass is 256 g/mol. The second-order valence-corrected chi connectivity index (χ2v) is 3.78. The first kappa shape index (κ1) is 12.8. The number of pyridine rings is 1. The minimum Gasteiger partial charge on any atom is -0.496 e. The zero-order valence-electron chi connectivity index (χ0n) is 10.3. The van der Waals surface area contributed by atoms with Crippen LogP contribution in [-0.4, -0.2) is 17.0 Å². The molecular formula is C14H12N2O3. The van der Waals surface area contributed by atoms with Crippen molar-refractivity contribution in [1.82, 2.24) is 4.98 Å². The van der Waals surface area contributed by atoms with Crippen LogP contribution in [-0.2, 0) is 0 Å². The fourth-order valence-corrected chi connectivity index (χ4v) is 1.69. The number of rotatable bonds is 4. The summed E-state index contributed by atoms with van der Waals surface area (Å²) in [6.07, 6.45) is 4.02. The molecular weight excluding hydrogens is 244 g/mol. The molecule has 0 amide bonds. The fourth-order valence-electron chi connectivity index (χ4n) is 1.69. The number of benzene rings is 1. The van der Waals surface area contributed by atoms with Gasteiger partial charge in [-0.15, -0.1) is 0 Å². The molecule has 96 valence electrons. The molecule has 0 saturated heterocycles. The maximum Gasteiger partial charge on any atom is 0.235 e. The summed E-state index contributed by atoms with van der Waals surface area (Å²) in [5, 5.41) is 10.3. The van der Waals surface area contributed by atoms with E-state index in [2.05, 4.69) is 4.98 Å². The highest BCUT2D eigenvalue weighted by Crippen LogP contribution is 2.29. The van der Waals surface area contributed by atoms with Crippen LogP contribution in [0.15, 0.2) is 48.8 Å². The van der Waals surface area contributed by atoms with Crippen LogP contribution in [0.5, 0.6) is 5.75 Å². The van der Waals surface area contributed by atoms with Gasteiger partial charge in [-0.05, 0) is 29.8 Å². The molecule has 5 heteroatoms. The molecule has 1 heterocycles. The van der Waals surface area contributed by atoms with Crippen LogP contribution < -0.4 is 4.74 Å². The topological polar surface area (TPSA) is 65.3 Å². The second-order valence-electron chi connectivity index (χ2n) is 3.78. The van der Waals surface area contributed by atoms with E-state index in [0.717, 1.165) is 17.5 Å². The van der Waals surface area contributed by atoms with Gasteiger partial charge in [-0.1, -0.05) is 12.1 Å². The van der Waals surface area contributed by atoms with E-state index in [1.165, 1.54) is 6.08 Å². The highest BCUT2D eigenvalue weighted by Gasteiger charge is 2.07. The smallest absolute Gasteiger partial charge is 0.235 e. The Labute approximate surface area is 110 Å². The predicted octanol–water partition coefficient (Wildman–Crippen LogP) is 3.00. The zero-order valence-corrected chi connectivity index (χ0v) is 10.3. The molecule has 2 rings (SSSR count). The molecule has 0 radical (unpaired) electrons. The van der Waals surface area contributed by atoms with Crippen molar-refractivity contribution >= 4 is 6.08 Å². The summed E-state index contributed by atoms with van der Waals surface area (Å²) in [6.45, 7) is 0. The van der Waals surface area contributed by atoms with E-state index in [1.807, 2.05) is 24.3 Å². The molecule has 2 aromatic rings. The maximum absolute atomic E-state index is 10.3. The Kier molecular flexibility index (Phi) is 3.87. The first-order valence-electron chi connectivity index (χ1n) is 5.62. The molecule has 0 unspecified atom stereocenters. The van der Waals surface area contributed by atoms with Crippen LogP contribution in [0.2, 0.25) is 0 Å². The van der Waals surface area contributed by atoms with E-state index in [0.29, 0.717) is 11.3 Å². The van der Waals surface area contributed by atoms with Gasteiger partial charge in [-0.25, -0.2) is 0 Å². The summed E-state index contributed by atoms with van der Waals surface area (Å²) in [5.74, 6) is 0.629. The number of nitro groups is 1. The number of nitrogens with zero attached hydrogens (tertiary/aromatic N) is 2. The van der Waals surface area contributed by atoms with Crippen LogP contribution in [0.4, 0.5) is 0 Å². The largest absolute Gasteiger partial charge is 0.496 e. The van der Waals surface area contributed by atoms with Gasteiger partial charge in [0.2, 0.25) is 6.20 Å². The summed E-state index contributed by atoms with van der Waals surface area (Å²) in [7, 11) is 1.56. The number of ether oxygens (including phenoxy) is 1. The normalized spacial score (nSPS) is 10.6. The van der Waals surface area contributed by atoms with Crippen molar-refractivity contribution in [3.05, 3.63) is 64.5 Å². The van der Waals surface area contributed by atoms with Gasteiger partial charge < -0.3 is 4.74 Å². The lowest BCUT2D eigenvalue weighted by Crippen LogP contribution is -1.91. The molecule has 5 nitrogen and oxygen atoms in total. The van der Waals surface area contributed by atoms with E-state index in [1.54, 1.807) is 25.4 Å². The predicted molar refractivity (Wildman–Crippen MR) is 72.3 cm³/mol. The van der Waals surface area contributed by atoms with E-state index >= 15 is 0 Å². The van der Waals surface area contributed by atoms with Gasteiger partial charge in [-0.2, -0.15) is 0 Å². The molecule has 1 aromatic heterocycles. The third-order valence-corrected chi connectivity index (χ3v) is 2.56. The number of hydrogen-bond acceptors (Lipinski definition) is 4. The van der Waals surface area contributed by atoms with Gasteiger partial charge in [0.25, 0.3) is 0 Å². The van der Waals surface area contributed by atoms with Crippen LogP contribution in [0.1, 0.15) is 5.56 Å². The standard InChI is InChI=1S/C14H12N2O3/c1-19-14-10-11(7-9-16(17)18)5-6-12(14)13-4-2-3-8-15-13/h2-10H,1H3/b9-7-. The lowest BCUT2D eigenvalue weighted by atomic mass is 10.1. The van der Waals surface area contributed by atoms with E-state index in [-0.39, 0.29) is 0 Å². The minimum atomic E-state index is -0.501. The highest BCUT2D eigenvalue weighted by atomic mass is 16.6. The van der Waals surface area contributed by atoms with Gasteiger partial charge in [0.1, 0.15) is 5.75 Å². The van der Waals surface area contributed by atoms with Gasteiger partial charge in [0, 0.05) is 17.8 Å². The molecule has 1 aromatic carbocycles. The average Bonchev–Trinajstić information content (AvgIpc) is 2.45. The Morgan fingerprint density at radius 2 is 2.16 bits per heavy atom. The first-order valence-corrected chi connectivity index (χ1v) is 5.62. The van der Waals surface area contributed by atoms with Crippen LogP contribution in [0.3, 0.4) is 0 Å². The average molecular weight is 256 g/mol. The van der Waals surface area contributed by atoms with Gasteiger partial charge >= 0.3 is 0 Å². The lowest BCUT2D eigenvalue weighted by Gasteiger charge is -2.08. The Morgan fingerprint density at radius 1 is 1.32 bits per heavy atom. The molecule has 0 bridgehead atoms. The van der Waals surface area contributed by atoms with Gasteiger partial charge in [0.05, 0.1) is 17.7 Å². The third kappa shape index (κ3) is 3.16. The second kappa shape index (κ2) is 5.77.